The number of carbonyl (C=O) groups is 3. The van der Waals surface area contributed by atoms with Crippen molar-refractivity contribution in [2.24, 2.45) is 0 Å². The molecular formula is C19H14BrIN2O5. The summed E-state index contributed by atoms with van der Waals surface area (Å²) in [4.78, 5) is 35.6. The smallest absolute Gasteiger partial charge is 0.329 e. The van der Waals surface area contributed by atoms with Gasteiger partial charge >= 0.3 is 12.0 Å². The number of rotatable bonds is 6. The number of benzene rings is 2. The number of halogens is 2. The van der Waals surface area contributed by atoms with Crippen LogP contribution in [0.15, 0.2) is 52.6 Å². The maximum Gasteiger partial charge on any atom is 0.329 e. The lowest BCUT2D eigenvalue weighted by molar-refractivity contribution is -0.140. The predicted octanol–water partition coefficient (Wildman–Crippen LogP) is 3.61. The van der Waals surface area contributed by atoms with Crippen LogP contribution in [0.4, 0.5) is 4.79 Å². The first kappa shape index (κ1) is 20.3. The summed E-state index contributed by atoms with van der Waals surface area (Å²) in [7, 11) is 0. The van der Waals surface area contributed by atoms with E-state index in [9.17, 15) is 14.4 Å². The van der Waals surface area contributed by atoms with E-state index in [2.05, 4.69) is 43.8 Å². The van der Waals surface area contributed by atoms with Crippen molar-refractivity contribution >= 4 is 62.5 Å². The summed E-state index contributed by atoms with van der Waals surface area (Å²) >= 11 is 5.60. The van der Waals surface area contributed by atoms with Gasteiger partial charge in [-0.1, -0.05) is 28.1 Å². The molecule has 1 fully saturated rings. The molecule has 7 nitrogen and oxygen atoms in total. The van der Waals surface area contributed by atoms with Gasteiger partial charge in [0.2, 0.25) is 0 Å². The maximum absolute atomic E-state index is 12.3. The van der Waals surface area contributed by atoms with Gasteiger partial charge in [-0.25, -0.2) is 9.69 Å². The third-order valence-corrected chi connectivity index (χ3v) is 5.05. The third-order valence-electron chi connectivity index (χ3n) is 3.83. The Morgan fingerprint density at radius 1 is 1.21 bits per heavy atom. The van der Waals surface area contributed by atoms with Gasteiger partial charge < -0.3 is 15.2 Å². The summed E-state index contributed by atoms with van der Waals surface area (Å²) in [5, 5.41) is 11.2. The number of hydrogen-bond donors (Lipinski definition) is 2. The zero-order chi connectivity index (χ0) is 20.3. The number of amides is 3. The number of imide groups is 1. The average Bonchev–Trinajstić information content (AvgIpc) is 2.89. The van der Waals surface area contributed by atoms with Crippen LogP contribution in [0.2, 0.25) is 0 Å². The first-order valence-electron chi connectivity index (χ1n) is 8.06. The number of nitrogens with zero attached hydrogens (tertiary/aromatic N) is 1. The van der Waals surface area contributed by atoms with Crippen molar-refractivity contribution in [2.45, 2.75) is 6.61 Å². The van der Waals surface area contributed by atoms with Gasteiger partial charge in [-0.15, -0.1) is 0 Å². The van der Waals surface area contributed by atoms with Gasteiger partial charge in [0.1, 0.15) is 24.6 Å². The van der Waals surface area contributed by atoms with Crippen LogP contribution < -0.4 is 10.1 Å². The van der Waals surface area contributed by atoms with Crippen molar-refractivity contribution in [2.75, 3.05) is 6.54 Å². The second-order valence-electron chi connectivity index (χ2n) is 5.87. The zero-order valence-corrected chi connectivity index (χ0v) is 18.1. The summed E-state index contributed by atoms with van der Waals surface area (Å²) in [6, 6.07) is 12.4. The van der Waals surface area contributed by atoms with Gasteiger partial charge in [-0.2, -0.15) is 0 Å². The summed E-state index contributed by atoms with van der Waals surface area (Å²) in [6.07, 6.45) is 1.47. The number of carboxylic acid groups (broad SMARTS) is 1. The summed E-state index contributed by atoms with van der Waals surface area (Å²) in [6.45, 7) is -0.364. The number of carbonyl (C=O) groups excluding carboxylic acids is 2. The van der Waals surface area contributed by atoms with Gasteiger partial charge in [-0.3, -0.25) is 9.59 Å². The molecule has 28 heavy (non-hydrogen) atoms. The monoisotopic (exact) mass is 556 g/mol. The highest BCUT2D eigenvalue weighted by Crippen LogP contribution is 2.27. The summed E-state index contributed by atoms with van der Waals surface area (Å²) < 4.78 is 7.77. The van der Waals surface area contributed by atoms with Crippen LogP contribution in [0, 0.1) is 3.57 Å². The van der Waals surface area contributed by atoms with E-state index in [1.807, 2.05) is 24.3 Å². The summed E-state index contributed by atoms with van der Waals surface area (Å²) in [5.41, 5.74) is 1.55. The van der Waals surface area contributed by atoms with Gasteiger partial charge in [0, 0.05) is 13.6 Å². The molecule has 0 unspecified atom stereocenters. The second-order valence-corrected chi connectivity index (χ2v) is 8.03. The average molecular weight is 557 g/mol. The Morgan fingerprint density at radius 2 is 1.93 bits per heavy atom. The molecule has 0 spiro atoms. The second kappa shape index (κ2) is 8.74. The van der Waals surface area contributed by atoms with Crippen molar-refractivity contribution in [3.05, 3.63) is 67.3 Å². The Bertz CT molecular complexity index is 975. The van der Waals surface area contributed by atoms with E-state index in [1.54, 1.807) is 18.2 Å². The molecule has 2 aromatic carbocycles. The van der Waals surface area contributed by atoms with Crippen LogP contribution in [0.3, 0.4) is 0 Å². The summed E-state index contributed by atoms with van der Waals surface area (Å²) in [5.74, 6) is -1.45. The van der Waals surface area contributed by atoms with Gasteiger partial charge in [0.05, 0.1) is 0 Å². The number of urea groups is 1. The molecule has 0 aromatic heterocycles. The van der Waals surface area contributed by atoms with Crippen molar-refractivity contribution in [1.82, 2.24) is 10.2 Å². The van der Waals surface area contributed by atoms with Crippen LogP contribution in [-0.2, 0) is 16.2 Å². The highest BCUT2D eigenvalue weighted by atomic mass is 127. The number of aliphatic carboxylic acids is 1. The normalized spacial score (nSPS) is 15.1. The fraction of sp³-hybridized carbons (Fsp3) is 0.105. The maximum atomic E-state index is 12.3. The lowest BCUT2D eigenvalue weighted by Gasteiger charge is -2.11. The lowest BCUT2D eigenvalue weighted by atomic mass is 10.1. The Hall–Kier alpha value is -2.40. The first-order valence-corrected chi connectivity index (χ1v) is 9.94. The van der Waals surface area contributed by atoms with E-state index in [4.69, 9.17) is 9.84 Å². The molecule has 3 rings (SSSR count). The van der Waals surface area contributed by atoms with E-state index < -0.39 is 24.5 Å². The number of hydrogen-bond acceptors (Lipinski definition) is 4. The third kappa shape index (κ3) is 4.90. The van der Waals surface area contributed by atoms with Crippen LogP contribution >= 0.6 is 38.5 Å². The molecule has 3 amide bonds. The van der Waals surface area contributed by atoms with E-state index in [-0.39, 0.29) is 5.70 Å². The molecular weight excluding hydrogens is 543 g/mol. The van der Waals surface area contributed by atoms with Crippen LogP contribution in [-0.4, -0.2) is 34.5 Å². The number of nitrogens with one attached hydrogen (secondary N) is 1. The minimum Gasteiger partial charge on any atom is -0.488 e. The van der Waals surface area contributed by atoms with Crippen molar-refractivity contribution in [3.8, 4) is 5.75 Å². The lowest BCUT2D eigenvalue weighted by Crippen LogP contribution is -2.35. The quantitative estimate of drug-likeness (QED) is 0.322. The standard InChI is InChI=1S/C19H14BrIN2O5/c20-13-3-6-16(28-10-11-1-4-14(21)5-2-11)12(7-13)8-15-18(26)23(9-17(24)25)19(27)22-15/h1-8H,9-10H2,(H,22,27)(H,24,25)/b15-8+. The molecule has 1 aliphatic heterocycles. The molecule has 2 N–H and O–H groups in total. The first-order chi connectivity index (χ1) is 13.3. The molecule has 0 saturated carbocycles. The highest BCUT2D eigenvalue weighted by molar-refractivity contribution is 14.1. The Labute approximate surface area is 182 Å². The highest BCUT2D eigenvalue weighted by Gasteiger charge is 2.35. The van der Waals surface area contributed by atoms with E-state index in [0.717, 1.165) is 13.6 Å². The van der Waals surface area contributed by atoms with Crippen molar-refractivity contribution in [1.29, 1.82) is 0 Å². The molecule has 144 valence electrons. The van der Waals surface area contributed by atoms with Crippen molar-refractivity contribution in [3.63, 3.8) is 0 Å². The molecule has 1 aliphatic rings. The van der Waals surface area contributed by atoms with Crippen LogP contribution in [0.5, 0.6) is 5.75 Å². The predicted molar refractivity (Wildman–Crippen MR) is 113 cm³/mol. The van der Waals surface area contributed by atoms with Gasteiger partial charge in [-0.05, 0) is 64.6 Å². The largest absolute Gasteiger partial charge is 0.488 e. The van der Waals surface area contributed by atoms with E-state index in [1.165, 1.54) is 6.08 Å². The molecule has 0 bridgehead atoms. The minimum atomic E-state index is -1.27. The SMILES string of the molecule is O=C(O)CN1C(=O)N/C(=C/c2cc(Br)ccc2OCc2ccc(I)cc2)C1=O. The van der Waals surface area contributed by atoms with E-state index in [0.29, 0.717) is 22.8 Å². The fourth-order valence-corrected chi connectivity index (χ4v) is 3.25. The molecule has 0 radical (unpaired) electrons. The van der Waals surface area contributed by atoms with Gasteiger partial charge in [0.25, 0.3) is 5.91 Å². The zero-order valence-electron chi connectivity index (χ0n) is 14.3. The molecule has 0 atom stereocenters. The topological polar surface area (TPSA) is 95.9 Å². The van der Waals surface area contributed by atoms with Crippen LogP contribution in [0.25, 0.3) is 6.08 Å². The Kier molecular flexibility index (Phi) is 6.35. The minimum absolute atomic E-state index is 0.0107. The Morgan fingerprint density at radius 3 is 2.61 bits per heavy atom. The fourth-order valence-electron chi connectivity index (χ4n) is 2.51. The van der Waals surface area contributed by atoms with E-state index >= 15 is 0 Å². The van der Waals surface area contributed by atoms with Crippen molar-refractivity contribution < 1.29 is 24.2 Å². The molecule has 9 heteroatoms. The van der Waals surface area contributed by atoms with Crippen LogP contribution in [0.1, 0.15) is 11.1 Å². The number of ether oxygens (including phenoxy) is 1. The van der Waals surface area contributed by atoms with Gasteiger partial charge in [0.15, 0.2) is 0 Å². The molecule has 0 aliphatic carbocycles. The Balaban J connectivity index is 1.83. The molecule has 1 heterocycles. The molecule has 1 saturated heterocycles. The number of carboxylic acids is 1. The molecule has 2 aromatic rings.